The Morgan fingerprint density at radius 3 is 1.08 bits per heavy atom. The number of rotatable bonds is 2. The zero-order chi connectivity index (χ0) is 24.2. The van der Waals surface area contributed by atoms with E-state index in [1.165, 1.54) is 65.3 Å². The average Bonchev–Trinajstić information content (AvgIpc) is 2.92. The van der Waals surface area contributed by atoms with Crippen molar-refractivity contribution >= 4 is 74.9 Å². The predicted octanol–water partition coefficient (Wildman–Crippen LogP) is 11.2. The maximum Gasteiger partial charge on any atom is 0.0175 e. The highest BCUT2D eigenvalue weighted by atomic mass is 79.9. The highest BCUT2D eigenvalue weighted by Gasteiger charge is 2.13. The fraction of sp³-hybridized carbons (Fsp3) is 0. The molecule has 0 N–H and O–H groups in total. The summed E-state index contributed by atoms with van der Waals surface area (Å²) in [6.07, 6.45) is 0. The molecule has 36 heavy (non-hydrogen) atoms. The Morgan fingerprint density at radius 2 is 0.694 bits per heavy atom. The summed E-state index contributed by atoms with van der Waals surface area (Å²) in [7, 11) is 0. The van der Waals surface area contributed by atoms with Gasteiger partial charge in [0.05, 0.1) is 0 Å². The summed E-state index contributed by atoms with van der Waals surface area (Å²) in [6, 6.07) is 44.3. The van der Waals surface area contributed by atoms with Gasteiger partial charge < -0.3 is 0 Å². The Labute approximate surface area is 226 Å². The first-order valence-corrected chi connectivity index (χ1v) is 13.6. The zero-order valence-electron chi connectivity index (χ0n) is 19.3. The summed E-state index contributed by atoms with van der Waals surface area (Å²) in [5, 5.41) is 10.2. The first-order valence-electron chi connectivity index (χ1n) is 12.0. The maximum atomic E-state index is 3.58. The molecular weight excluding hydrogens is 568 g/mol. The van der Waals surface area contributed by atoms with Crippen LogP contribution < -0.4 is 0 Å². The molecule has 0 unspecified atom stereocenters. The molecule has 0 aliphatic carbocycles. The van der Waals surface area contributed by atoms with Gasteiger partial charge in [-0.1, -0.05) is 105 Å². The zero-order valence-corrected chi connectivity index (χ0v) is 22.5. The molecular formula is C34H20Br2. The summed E-state index contributed by atoms with van der Waals surface area (Å²) in [4.78, 5) is 0. The van der Waals surface area contributed by atoms with Gasteiger partial charge in [-0.05, 0) is 114 Å². The lowest BCUT2D eigenvalue weighted by atomic mass is 9.89. The van der Waals surface area contributed by atoms with E-state index in [1.807, 2.05) is 0 Å². The van der Waals surface area contributed by atoms with Crippen molar-refractivity contribution in [2.45, 2.75) is 0 Å². The van der Waals surface area contributed by atoms with Crippen molar-refractivity contribution < 1.29 is 0 Å². The van der Waals surface area contributed by atoms with Crippen LogP contribution in [-0.2, 0) is 0 Å². The van der Waals surface area contributed by atoms with E-state index in [0.717, 1.165) is 8.95 Å². The number of benzene rings is 7. The minimum absolute atomic E-state index is 1.09. The summed E-state index contributed by atoms with van der Waals surface area (Å²) in [5.74, 6) is 0. The van der Waals surface area contributed by atoms with Crippen molar-refractivity contribution in [3.8, 4) is 22.3 Å². The second-order valence-electron chi connectivity index (χ2n) is 9.25. The lowest BCUT2D eigenvalue weighted by Gasteiger charge is -2.15. The summed E-state index contributed by atoms with van der Waals surface area (Å²) >= 11 is 7.16. The topological polar surface area (TPSA) is 0 Å². The van der Waals surface area contributed by atoms with Crippen LogP contribution >= 0.6 is 31.9 Å². The molecule has 0 aromatic heterocycles. The standard InChI is InChI=1S/C34H20Br2/c35-25-13-9-21(10-14-25)31-17-23-20-34-24(19-33(23)29-7-3-1-5-27(29)31)18-32(22-11-15-26(36)16-12-22)28-6-2-4-8-30(28)34/h1-20H. The van der Waals surface area contributed by atoms with Gasteiger partial charge in [-0.25, -0.2) is 0 Å². The van der Waals surface area contributed by atoms with Crippen LogP contribution in [0.3, 0.4) is 0 Å². The molecule has 7 aromatic rings. The molecule has 0 heterocycles. The van der Waals surface area contributed by atoms with E-state index in [1.54, 1.807) is 0 Å². The van der Waals surface area contributed by atoms with Gasteiger partial charge >= 0.3 is 0 Å². The Bertz CT molecular complexity index is 1790. The largest absolute Gasteiger partial charge is 0.0616 e. The third-order valence-corrected chi connectivity index (χ3v) is 8.20. The third kappa shape index (κ3) is 3.56. The van der Waals surface area contributed by atoms with Crippen molar-refractivity contribution in [1.82, 2.24) is 0 Å². The molecule has 170 valence electrons. The highest BCUT2D eigenvalue weighted by molar-refractivity contribution is 9.10. The van der Waals surface area contributed by atoms with Crippen LogP contribution in [-0.4, -0.2) is 0 Å². The van der Waals surface area contributed by atoms with E-state index in [-0.39, 0.29) is 0 Å². The van der Waals surface area contributed by atoms with Gasteiger partial charge in [0.2, 0.25) is 0 Å². The van der Waals surface area contributed by atoms with Crippen molar-refractivity contribution in [3.05, 3.63) is 130 Å². The van der Waals surface area contributed by atoms with Crippen LogP contribution in [0.2, 0.25) is 0 Å². The quantitative estimate of drug-likeness (QED) is 0.139. The summed E-state index contributed by atoms with van der Waals surface area (Å²) in [6.45, 7) is 0. The molecule has 0 fully saturated rings. The van der Waals surface area contributed by atoms with E-state index >= 15 is 0 Å². The van der Waals surface area contributed by atoms with Gasteiger partial charge in [0.15, 0.2) is 0 Å². The molecule has 7 aromatic carbocycles. The summed E-state index contributed by atoms with van der Waals surface area (Å²) in [5.41, 5.74) is 4.99. The Kier molecular flexibility index (Phi) is 5.20. The Balaban J connectivity index is 1.59. The molecule has 0 saturated carbocycles. The fourth-order valence-electron chi connectivity index (χ4n) is 5.45. The lowest BCUT2D eigenvalue weighted by Crippen LogP contribution is -1.88. The molecule has 0 atom stereocenters. The maximum absolute atomic E-state index is 3.58. The van der Waals surface area contributed by atoms with Crippen LogP contribution in [0.4, 0.5) is 0 Å². The van der Waals surface area contributed by atoms with Crippen LogP contribution in [0.5, 0.6) is 0 Å². The van der Waals surface area contributed by atoms with Gasteiger partial charge in [-0.2, -0.15) is 0 Å². The second-order valence-corrected chi connectivity index (χ2v) is 11.1. The van der Waals surface area contributed by atoms with Crippen molar-refractivity contribution in [1.29, 1.82) is 0 Å². The Hall–Kier alpha value is -3.46. The molecule has 0 spiro atoms. The predicted molar refractivity (Wildman–Crippen MR) is 163 cm³/mol. The monoisotopic (exact) mass is 586 g/mol. The summed E-state index contributed by atoms with van der Waals surface area (Å²) < 4.78 is 2.19. The molecule has 0 radical (unpaired) electrons. The molecule has 2 heteroatoms. The van der Waals surface area contributed by atoms with Gasteiger partial charge in [-0.3, -0.25) is 0 Å². The Morgan fingerprint density at radius 1 is 0.333 bits per heavy atom. The first-order chi connectivity index (χ1) is 17.7. The highest BCUT2D eigenvalue weighted by Crippen LogP contribution is 2.41. The molecule has 0 aliphatic rings. The van der Waals surface area contributed by atoms with Gasteiger partial charge in [0, 0.05) is 8.95 Å². The van der Waals surface area contributed by atoms with Gasteiger partial charge in [0.25, 0.3) is 0 Å². The molecule has 7 rings (SSSR count). The SMILES string of the molecule is Brc1ccc(-c2cc3cc4c(cc(-c5ccc(Br)cc5)c5ccccc54)cc3c3ccccc23)cc1. The van der Waals surface area contributed by atoms with Crippen molar-refractivity contribution in [2.24, 2.45) is 0 Å². The first kappa shape index (κ1) is 21.8. The lowest BCUT2D eigenvalue weighted by molar-refractivity contribution is 1.62. The average molecular weight is 588 g/mol. The van der Waals surface area contributed by atoms with Crippen molar-refractivity contribution in [2.75, 3.05) is 0 Å². The molecule has 0 bridgehead atoms. The molecule has 0 amide bonds. The molecule has 0 saturated heterocycles. The van der Waals surface area contributed by atoms with Gasteiger partial charge in [0.1, 0.15) is 0 Å². The second kappa shape index (κ2) is 8.58. The number of fused-ring (bicyclic) bond motifs is 6. The number of halogens is 2. The smallest absolute Gasteiger partial charge is 0.0175 e. The van der Waals surface area contributed by atoms with Crippen LogP contribution in [0.15, 0.2) is 130 Å². The normalized spacial score (nSPS) is 11.6. The number of hydrogen-bond donors (Lipinski definition) is 0. The molecule has 0 aliphatic heterocycles. The van der Waals surface area contributed by atoms with Crippen molar-refractivity contribution in [3.63, 3.8) is 0 Å². The minimum Gasteiger partial charge on any atom is -0.0616 e. The van der Waals surface area contributed by atoms with E-state index < -0.39 is 0 Å². The van der Waals surface area contributed by atoms with Crippen LogP contribution in [0, 0.1) is 0 Å². The minimum atomic E-state index is 1.09. The van der Waals surface area contributed by atoms with E-state index in [0.29, 0.717) is 0 Å². The van der Waals surface area contributed by atoms with E-state index in [4.69, 9.17) is 0 Å². The molecule has 0 nitrogen and oxygen atoms in total. The fourth-order valence-corrected chi connectivity index (χ4v) is 5.98. The van der Waals surface area contributed by atoms with Crippen LogP contribution in [0.1, 0.15) is 0 Å². The van der Waals surface area contributed by atoms with E-state index in [9.17, 15) is 0 Å². The van der Waals surface area contributed by atoms with Gasteiger partial charge in [-0.15, -0.1) is 0 Å². The number of hydrogen-bond acceptors (Lipinski definition) is 0. The van der Waals surface area contributed by atoms with E-state index in [2.05, 4.69) is 153 Å². The third-order valence-electron chi connectivity index (χ3n) is 7.15. The van der Waals surface area contributed by atoms with Crippen LogP contribution in [0.25, 0.3) is 65.3 Å².